The van der Waals surface area contributed by atoms with Gasteiger partial charge in [-0.25, -0.2) is 9.78 Å². The van der Waals surface area contributed by atoms with E-state index in [0.29, 0.717) is 11.5 Å². The third kappa shape index (κ3) is 6.44. The zero-order valence-corrected chi connectivity index (χ0v) is 23.3. The minimum atomic E-state index is -0.780. The summed E-state index contributed by atoms with van der Waals surface area (Å²) in [5.74, 6) is 6.40. The van der Waals surface area contributed by atoms with Crippen molar-refractivity contribution in [1.29, 1.82) is 0 Å². The van der Waals surface area contributed by atoms with E-state index in [1.54, 1.807) is 40.0 Å². The van der Waals surface area contributed by atoms with Gasteiger partial charge in [-0.1, -0.05) is 12.0 Å². The van der Waals surface area contributed by atoms with Gasteiger partial charge in [-0.05, 0) is 88.7 Å². The maximum atomic E-state index is 13.0. The second-order valence-electron chi connectivity index (χ2n) is 10.5. The molecule has 4 rings (SSSR count). The standard InChI is InChI=1S/C31H33N5O3/c1-19-17-33-20(2)28(19)25-11-13-27(35-29(37)21(3)36(7)30(38)39-31(4,5)6)34-26(25)12-9-22-8-10-24-18-32-15-14-23(24)16-22/h8,10-11,13-18,21,33H,1-7H3,(H,34,35,37). The number of hydrogen-bond acceptors (Lipinski definition) is 5. The van der Waals surface area contributed by atoms with Crippen molar-refractivity contribution in [3.63, 3.8) is 0 Å². The Morgan fingerprint density at radius 2 is 1.85 bits per heavy atom. The Morgan fingerprint density at radius 1 is 1.08 bits per heavy atom. The fourth-order valence-electron chi connectivity index (χ4n) is 4.09. The van der Waals surface area contributed by atoms with E-state index in [1.165, 1.54) is 11.9 Å². The van der Waals surface area contributed by atoms with E-state index in [1.807, 2.05) is 56.6 Å². The summed E-state index contributed by atoms with van der Waals surface area (Å²) in [7, 11) is 1.53. The highest BCUT2D eigenvalue weighted by molar-refractivity contribution is 5.96. The summed E-state index contributed by atoms with van der Waals surface area (Å²) in [5, 5.41) is 4.91. The molecule has 4 aromatic rings. The van der Waals surface area contributed by atoms with Crippen molar-refractivity contribution in [3.05, 3.63) is 77.5 Å². The topological polar surface area (TPSA) is 100 Å². The summed E-state index contributed by atoms with van der Waals surface area (Å²) in [5.41, 5.74) is 4.66. The number of hydrogen-bond donors (Lipinski definition) is 2. The number of fused-ring (bicyclic) bond motifs is 1. The first kappa shape index (κ1) is 27.4. The van der Waals surface area contributed by atoms with Crippen molar-refractivity contribution in [1.82, 2.24) is 19.9 Å². The number of aryl methyl sites for hydroxylation is 2. The average Bonchev–Trinajstić information content (AvgIpc) is 3.22. The summed E-state index contributed by atoms with van der Waals surface area (Å²) < 4.78 is 5.39. The Labute approximate surface area is 228 Å². The van der Waals surface area contributed by atoms with Crippen molar-refractivity contribution in [2.24, 2.45) is 0 Å². The van der Waals surface area contributed by atoms with Crippen molar-refractivity contribution in [3.8, 4) is 23.0 Å². The van der Waals surface area contributed by atoms with Gasteiger partial charge in [0.15, 0.2) is 0 Å². The van der Waals surface area contributed by atoms with E-state index in [0.717, 1.165) is 38.7 Å². The average molecular weight is 524 g/mol. The molecule has 200 valence electrons. The number of aromatic amines is 1. The number of ether oxygens (including phenoxy) is 1. The molecule has 0 aliphatic carbocycles. The number of pyridine rings is 2. The fourth-order valence-corrected chi connectivity index (χ4v) is 4.09. The van der Waals surface area contributed by atoms with Crippen molar-refractivity contribution < 1.29 is 14.3 Å². The van der Waals surface area contributed by atoms with E-state index >= 15 is 0 Å². The lowest BCUT2D eigenvalue weighted by Crippen LogP contribution is -2.45. The number of carbonyl (C=O) groups is 2. The first-order chi connectivity index (χ1) is 18.4. The van der Waals surface area contributed by atoms with Crippen molar-refractivity contribution in [2.75, 3.05) is 12.4 Å². The first-order valence-electron chi connectivity index (χ1n) is 12.7. The van der Waals surface area contributed by atoms with Crippen LogP contribution in [-0.4, -0.2) is 50.5 Å². The minimum absolute atomic E-state index is 0.341. The maximum Gasteiger partial charge on any atom is 0.410 e. The number of benzene rings is 1. The molecule has 1 aromatic carbocycles. The Morgan fingerprint density at radius 3 is 2.54 bits per heavy atom. The Hall–Kier alpha value is -4.64. The molecule has 0 aliphatic rings. The molecule has 8 nitrogen and oxygen atoms in total. The molecule has 1 unspecified atom stereocenters. The number of nitrogens with zero attached hydrogens (tertiary/aromatic N) is 3. The van der Waals surface area contributed by atoms with E-state index in [2.05, 4.69) is 27.1 Å². The van der Waals surface area contributed by atoms with Crippen LogP contribution in [0.4, 0.5) is 10.6 Å². The highest BCUT2D eigenvalue weighted by atomic mass is 16.6. The number of rotatable bonds is 4. The molecule has 0 spiro atoms. The summed E-state index contributed by atoms with van der Waals surface area (Å²) >= 11 is 0. The first-order valence-corrected chi connectivity index (χ1v) is 12.7. The largest absolute Gasteiger partial charge is 0.444 e. The molecule has 1 atom stereocenters. The molecule has 0 saturated carbocycles. The molecule has 0 saturated heterocycles. The second kappa shape index (κ2) is 11.0. The maximum absolute atomic E-state index is 13.0. The number of aromatic nitrogens is 3. The summed E-state index contributed by atoms with van der Waals surface area (Å²) in [6.45, 7) is 11.0. The highest BCUT2D eigenvalue weighted by Gasteiger charge is 2.27. The molecular weight excluding hydrogens is 490 g/mol. The number of nitrogens with one attached hydrogen (secondary N) is 2. The number of likely N-dealkylation sites (N-methyl/N-ethyl adjacent to an activating group) is 1. The molecular formula is C31H33N5O3. The van der Waals surface area contributed by atoms with Gasteiger partial charge in [0.2, 0.25) is 5.91 Å². The van der Waals surface area contributed by atoms with Crippen LogP contribution in [0.25, 0.3) is 21.9 Å². The lowest BCUT2D eigenvalue weighted by atomic mass is 10.0. The number of anilines is 1. The summed E-state index contributed by atoms with van der Waals surface area (Å²) in [6.07, 6.45) is 4.94. The van der Waals surface area contributed by atoms with Gasteiger partial charge in [0.25, 0.3) is 0 Å². The summed E-state index contributed by atoms with van der Waals surface area (Å²) in [4.78, 5) is 38.8. The Kier molecular flexibility index (Phi) is 7.73. The molecule has 0 radical (unpaired) electrons. The van der Waals surface area contributed by atoms with Crippen LogP contribution < -0.4 is 5.32 Å². The SMILES string of the molecule is Cc1c[nH]c(C)c1-c1ccc(NC(=O)C(C)N(C)C(=O)OC(C)(C)C)nc1C#Cc1ccc2cnccc2c1. The third-order valence-electron chi connectivity index (χ3n) is 6.30. The van der Waals surface area contributed by atoms with E-state index in [4.69, 9.17) is 9.72 Å². The normalized spacial score (nSPS) is 11.9. The van der Waals surface area contributed by atoms with E-state index < -0.39 is 17.7 Å². The van der Waals surface area contributed by atoms with Gasteiger partial charge >= 0.3 is 6.09 Å². The highest BCUT2D eigenvalue weighted by Crippen LogP contribution is 2.30. The van der Waals surface area contributed by atoms with Crippen LogP contribution in [-0.2, 0) is 9.53 Å². The van der Waals surface area contributed by atoms with Gasteiger partial charge in [-0.2, -0.15) is 0 Å². The molecule has 3 aromatic heterocycles. The van der Waals surface area contributed by atoms with Gasteiger partial charge in [0.1, 0.15) is 23.2 Å². The predicted molar refractivity (Wildman–Crippen MR) is 153 cm³/mol. The van der Waals surface area contributed by atoms with Crippen LogP contribution in [0, 0.1) is 25.7 Å². The third-order valence-corrected chi connectivity index (χ3v) is 6.30. The summed E-state index contributed by atoms with van der Waals surface area (Å²) in [6, 6.07) is 10.8. The molecule has 2 amide bonds. The van der Waals surface area contributed by atoms with Crippen LogP contribution in [0.3, 0.4) is 0 Å². The molecule has 39 heavy (non-hydrogen) atoms. The molecule has 0 aliphatic heterocycles. The monoisotopic (exact) mass is 523 g/mol. The number of amides is 2. The molecule has 0 bridgehead atoms. The molecule has 8 heteroatoms. The lowest BCUT2D eigenvalue weighted by Gasteiger charge is -2.28. The van der Waals surface area contributed by atoms with Crippen molar-refractivity contribution in [2.45, 2.75) is 53.2 Å². The van der Waals surface area contributed by atoms with Gasteiger partial charge in [-0.3, -0.25) is 14.7 Å². The molecule has 2 N–H and O–H groups in total. The van der Waals surface area contributed by atoms with Gasteiger partial charge < -0.3 is 15.0 Å². The number of carbonyl (C=O) groups excluding carboxylic acids is 2. The Bertz CT molecular complexity index is 1580. The lowest BCUT2D eigenvalue weighted by molar-refractivity contribution is -0.120. The zero-order valence-electron chi connectivity index (χ0n) is 23.3. The van der Waals surface area contributed by atoms with Gasteiger partial charge in [0, 0.05) is 53.4 Å². The van der Waals surface area contributed by atoms with E-state index in [9.17, 15) is 9.59 Å². The second-order valence-corrected chi connectivity index (χ2v) is 10.5. The zero-order chi connectivity index (χ0) is 28.3. The van der Waals surface area contributed by atoms with Crippen LogP contribution in [0.2, 0.25) is 0 Å². The fraction of sp³-hybridized carbons (Fsp3) is 0.290. The smallest absolute Gasteiger partial charge is 0.410 e. The van der Waals surface area contributed by atoms with Gasteiger partial charge in [-0.15, -0.1) is 0 Å². The van der Waals surface area contributed by atoms with Crippen LogP contribution in [0.15, 0.2) is 55.0 Å². The van der Waals surface area contributed by atoms with Crippen molar-refractivity contribution >= 4 is 28.6 Å². The minimum Gasteiger partial charge on any atom is -0.444 e. The predicted octanol–water partition coefficient (Wildman–Crippen LogP) is 5.84. The van der Waals surface area contributed by atoms with Crippen LogP contribution in [0.1, 0.15) is 50.2 Å². The van der Waals surface area contributed by atoms with E-state index in [-0.39, 0.29) is 5.91 Å². The van der Waals surface area contributed by atoms with Gasteiger partial charge in [0.05, 0.1) is 0 Å². The molecule has 0 fully saturated rings. The molecule has 3 heterocycles. The van der Waals surface area contributed by atoms with Crippen LogP contribution >= 0.6 is 0 Å². The quantitative estimate of drug-likeness (QED) is 0.328. The Balaban J connectivity index is 1.66. The number of H-pyrrole nitrogens is 1. The van der Waals surface area contributed by atoms with Crippen LogP contribution in [0.5, 0.6) is 0 Å².